The molecule has 3 rings (SSSR count). The molecule has 0 heterocycles. The monoisotopic (exact) mass is 478 g/mol. The Morgan fingerprint density at radius 1 is 0.629 bits per heavy atom. The molecule has 0 aliphatic carbocycles. The second kappa shape index (κ2) is 12.5. The van der Waals surface area contributed by atoms with Crippen molar-refractivity contribution in [2.45, 2.75) is 6.92 Å². The van der Waals surface area contributed by atoms with Crippen LogP contribution in [0.1, 0.15) is 48.4 Å². The highest BCUT2D eigenvalue weighted by Gasteiger charge is 2.12. The van der Waals surface area contributed by atoms with E-state index in [4.69, 9.17) is 18.9 Å². The number of esters is 2. The lowest BCUT2D eigenvalue weighted by molar-refractivity contribution is 0.0318. The van der Waals surface area contributed by atoms with Gasteiger partial charge >= 0.3 is 11.9 Å². The average molecular weight is 478 g/mol. The van der Waals surface area contributed by atoms with Crippen molar-refractivity contribution in [1.29, 1.82) is 0 Å². The number of ketones is 2. The van der Waals surface area contributed by atoms with E-state index >= 15 is 0 Å². The standard InChI is InChI=1S/C27H26O8/c1-18(28)19-3-5-20(6-4-19)26(30)35-14-12-33-17-25(29)23-9-7-22-16-24(10-8-21(22)15-23)27(31)34-13-11-32-2/h3-10,15-16H,11-14,17H2,1-2H3. The van der Waals surface area contributed by atoms with Crippen LogP contribution in [0.5, 0.6) is 0 Å². The molecule has 35 heavy (non-hydrogen) atoms. The number of rotatable bonds is 12. The van der Waals surface area contributed by atoms with Crippen molar-refractivity contribution >= 4 is 34.3 Å². The molecule has 0 amide bonds. The summed E-state index contributed by atoms with van der Waals surface area (Å²) in [4.78, 5) is 47.9. The predicted molar refractivity (Wildman–Crippen MR) is 128 cm³/mol. The number of methoxy groups -OCH3 is 1. The Morgan fingerprint density at radius 3 is 1.77 bits per heavy atom. The van der Waals surface area contributed by atoms with E-state index in [9.17, 15) is 19.2 Å². The molecule has 0 saturated carbocycles. The zero-order chi connectivity index (χ0) is 25.2. The summed E-state index contributed by atoms with van der Waals surface area (Å²) in [5, 5.41) is 1.60. The first-order valence-corrected chi connectivity index (χ1v) is 11.0. The summed E-state index contributed by atoms with van der Waals surface area (Å²) in [7, 11) is 1.53. The molecular weight excluding hydrogens is 452 g/mol. The SMILES string of the molecule is COCCOC(=O)c1ccc2cc(C(=O)COCCOC(=O)c3ccc(C(C)=O)cc3)ccc2c1. The van der Waals surface area contributed by atoms with Crippen LogP contribution in [0.15, 0.2) is 60.7 Å². The normalized spacial score (nSPS) is 10.7. The van der Waals surface area contributed by atoms with Gasteiger partial charge in [0, 0.05) is 18.2 Å². The summed E-state index contributed by atoms with van der Waals surface area (Å²) in [5.41, 5.74) is 1.72. The lowest BCUT2D eigenvalue weighted by Gasteiger charge is -2.08. The highest BCUT2D eigenvalue weighted by atomic mass is 16.6. The first kappa shape index (κ1) is 25.7. The summed E-state index contributed by atoms with van der Waals surface area (Å²) in [5.74, 6) is -1.28. The second-order valence-electron chi connectivity index (χ2n) is 7.65. The fourth-order valence-corrected chi connectivity index (χ4v) is 3.21. The third-order valence-corrected chi connectivity index (χ3v) is 5.14. The molecule has 0 unspecified atom stereocenters. The molecule has 0 atom stereocenters. The Hall–Kier alpha value is -3.88. The fraction of sp³-hybridized carbons (Fsp3) is 0.259. The third-order valence-electron chi connectivity index (χ3n) is 5.14. The van der Waals surface area contributed by atoms with E-state index in [1.807, 2.05) is 0 Å². The number of carbonyl (C=O) groups excluding carboxylic acids is 4. The molecule has 0 aliphatic heterocycles. The van der Waals surface area contributed by atoms with Gasteiger partial charge in [-0.1, -0.05) is 30.3 Å². The van der Waals surface area contributed by atoms with Gasteiger partial charge in [0.2, 0.25) is 0 Å². The van der Waals surface area contributed by atoms with E-state index in [1.54, 1.807) is 48.5 Å². The van der Waals surface area contributed by atoms with Gasteiger partial charge in [-0.25, -0.2) is 9.59 Å². The van der Waals surface area contributed by atoms with Gasteiger partial charge in [0.1, 0.15) is 19.8 Å². The van der Waals surface area contributed by atoms with Crippen LogP contribution in [0.2, 0.25) is 0 Å². The Bertz CT molecular complexity index is 1210. The Kier molecular flexibility index (Phi) is 9.23. The van der Waals surface area contributed by atoms with Crippen LogP contribution in [-0.2, 0) is 18.9 Å². The minimum absolute atomic E-state index is 0.0124. The van der Waals surface area contributed by atoms with E-state index in [1.165, 1.54) is 26.2 Å². The minimum atomic E-state index is -0.536. The van der Waals surface area contributed by atoms with Gasteiger partial charge in [0.05, 0.1) is 24.3 Å². The fourth-order valence-electron chi connectivity index (χ4n) is 3.21. The van der Waals surface area contributed by atoms with Crippen molar-refractivity contribution in [3.05, 3.63) is 82.9 Å². The van der Waals surface area contributed by atoms with Gasteiger partial charge in [-0.15, -0.1) is 0 Å². The van der Waals surface area contributed by atoms with Gasteiger partial charge in [-0.2, -0.15) is 0 Å². The van der Waals surface area contributed by atoms with Gasteiger partial charge in [-0.3, -0.25) is 9.59 Å². The molecule has 3 aromatic carbocycles. The molecule has 3 aromatic rings. The predicted octanol–water partition coefficient (Wildman–Crippen LogP) is 3.90. The molecule has 0 aliphatic rings. The maximum Gasteiger partial charge on any atom is 0.338 e. The molecule has 8 heteroatoms. The molecule has 8 nitrogen and oxygen atoms in total. The lowest BCUT2D eigenvalue weighted by atomic mass is 10.0. The number of hydrogen-bond acceptors (Lipinski definition) is 8. The molecule has 0 bridgehead atoms. The highest BCUT2D eigenvalue weighted by molar-refractivity contribution is 6.02. The van der Waals surface area contributed by atoms with Crippen LogP contribution in [0.25, 0.3) is 10.8 Å². The molecule has 0 spiro atoms. The zero-order valence-corrected chi connectivity index (χ0v) is 19.6. The van der Waals surface area contributed by atoms with Gasteiger partial charge in [0.15, 0.2) is 11.6 Å². The maximum absolute atomic E-state index is 12.5. The van der Waals surface area contributed by atoms with Crippen LogP contribution >= 0.6 is 0 Å². The summed E-state index contributed by atoms with van der Waals surface area (Å²) >= 11 is 0. The first-order valence-electron chi connectivity index (χ1n) is 11.0. The van der Waals surface area contributed by atoms with Crippen LogP contribution < -0.4 is 0 Å². The number of carbonyl (C=O) groups is 4. The minimum Gasteiger partial charge on any atom is -0.460 e. The van der Waals surface area contributed by atoms with E-state index in [0.717, 1.165) is 10.8 Å². The molecule has 0 aromatic heterocycles. The number of ether oxygens (including phenoxy) is 4. The Labute approximate surface area is 202 Å². The quantitative estimate of drug-likeness (QED) is 0.219. The summed E-state index contributed by atoms with van der Waals surface area (Å²) < 4.78 is 20.5. The average Bonchev–Trinajstić information content (AvgIpc) is 2.87. The van der Waals surface area contributed by atoms with Crippen molar-refractivity contribution in [3.63, 3.8) is 0 Å². The van der Waals surface area contributed by atoms with Crippen molar-refractivity contribution in [2.24, 2.45) is 0 Å². The van der Waals surface area contributed by atoms with Crippen molar-refractivity contribution in [2.75, 3.05) is 40.1 Å². The molecule has 0 fully saturated rings. The number of benzene rings is 3. The van der Waals surface area contributed by atoms with Crippen LogP contribution in [0, 0.1) is 0 Å². The molecule has 0 radical (unpaired) electrons. The second-order valence-corrected chi connectivity index (χ2v) is 7.65. The van der Waals surface area contributed by atoms with Gasteiger partial charge in [0.25, 0.3) is 0 Å². The van der Waals surface area contributed by atoms with Crippen LogP contribution in [-0.4, -0.2) is 63.6 Å². The van der Waals surface area contributed by atoms with Gasteiger partial charge < -0.3 is 18.9 Å². The van der Waals surface area contributed by atoms with Gasteiger partial charge in [-0.05, 0) is 48.0 Å². The van der Waals surface area contributed by atoms with E-state index in [-0.39, 0.29) is 38.0 Å². The first-order chi connectivity index (χ1) is 16.9. The molecular formula is C27H26O8. The highest BCUT2D eigenvalue weighted by Crippen LogP contribution is 2.19. The zero-order valence-electron chi connectivity index (χ0n) is 19.6. The smallest absolute Gasteiger partial charge is 0.338 e. The van der Waals surface area contributed by atoms with Crippen LogP contribution in [0.3, 0.4) is 0 Å². The Balaban J connectivity index is 1.46. The summed E-state index contributed by atoms with van der Waals surface area (Å²) in [6, 6.07) is 16.4. The lowest BCUT2D eigenvalue weighted by Crippen LogP contribution is -2.15. The topological polar surface area (TPSA) is 105 Å². The summed E-state index contributed by atoms with van der Waals surface area (Å²) in [6.07, 6.45) is 0. The van der Waals surface area contributed by atoms with Crippen molar-refractivity contribution in [1.82, 2.24) is 0 Å². The number of hydrogen-bond donors (Lipinski definition) is 0. The molecule has 0 N–H and O–H groups in total. The molecule has 182 valence electrons. The maximum atomic E-state index is 12.5. The summed E-state index contributed by atoms with van der Waals surface area (Å²) in [6.45, 7) is 1.83. The van der Waals surface area contributed by atoms with E-state index in [2.05, 4.69) is 0 Å². The van der Waals surface area contributed by atoms with E-state index in [0.29, 0.717) is 28.9 Å². The molecule has 0 saturated heterocycles. The van der Waals surface area contributed by atoms with E-state index < -0.39 is 11.9 Å². The van der Waals surface area contributed by atoms with Crippen LogP contribution in [0.4, 0.5) is 0 Å². The largest absolute Gasteiger partial charge is 0.460 e. The van der Waals surface area contributed by atoms with Crippen molar-refractivity contribution in [3.8, 4) is 0 Å². The third kappa shape index (κ3) is 7.30. The number of Topliss-reactive ketones (excluding diaryl/α,β-unsaturated/α-hetero) is 2. The number of fused-ring (bicyclic) bond motifs is 1. The van der Waals surface area contributed by atoms with Crippen molar-refractivity contribution < 1.29 is 38.1 Å². The Morgan fingerprint density at radius 2 is 1.14 bits per heavy atom.